The standard InChI is InChI=1S/C11H24N2/c1-4-11(3)6-5-7-13(9-11)8-10(2)12/h10H,4-9,12H2,1-3H3. The summed E-state index contributed by atoms with van der Waals surface area (Å²) in [5, 5.41) is 0. The molecule has 0 aromatic carbocycles. The van der Waals surface area contributed by atoms with Crippen LogP contribution < -0.4 is 5.73 Å². The van der Waals surface area contributed by atoms with Gasteiger partial charge in [-0.1, -0.05) is 13.8 Å². The maximum Gasteiger partial charge on any atom is 0.0139 e. The van der Waals surface area contributed by atoms with Gasteiger partial charge in [-0.2, -0.15) is 0 Å². The third kappa shape index (κ3) is 3.28. The van der Waals surface area contributed by atoms with Crippen molar-refractivity contribution >= 4 is 0 Å². The van der Waals surface area contributed by atoms with Gasteiger partial charge in [-0.25, -0.2) is 0 Å². The van der Waals surface area contributed by atoms with E-state index in [1.54, 1.807) is 0 Å². The van der Waals surface area contributed by atoms with Crippen molar-refractivity contribution in [2.45, 2.75) is 46.1 Å². The molecule has 0 aliphatic carbocycles. The lowest BCUT2D eigenvalue weighted by molar-refractivity contribution is 0.0958. The number of nitrogens with zero attached hydrogens (tertiary/aromatic N) is 1. The van der Waals surface area contributed by atoms with Crippen LogP contribution >= 0.6 is 0 Å². The van der Waals surface area contributed by atoms with Crippen LogP contribution in [0.5, 0.6) is 0 Å². The van der Waals surface area contributed by atoms with E-state index in [0.717, 1.165) is 6.54 Å². The summed E-state index contributed by atoms with van der Waals surface area (Å²) in [6.45, 7) is 10.4. The highest BCUT2D eigenvalue weighted by atomic mass is 15.1. The Labute approximate surface area is 82.5 Å². The number of rotatable bonds is 3. The summed E-state index contributed by atoms with van der Waals surface area (Å²) in [5.74, 6) is 0. The highest BCUT2D eigenvalue weighted by Gasteiger charge is 2.29. The molecule has 1 aliphatic heterocycles. The summed E-state index contributed by atoms with van der Waals surface area (Å²) < 4.78 is 0. The highest BCUT2D eigenvalue weighted by molar-refractivity contribution is 4.83. The Morgan fingerprint density at radius 2 is 2.23 bits per heavy atom. The highest BCUT2D eigenvalue weighted by Crippen LogP contribution is 2.32. The van der Waals surface area contributed by atoms with Crippen LogP contribution in [0.1, 0.15) is 40.0 Å². The molecule has 1 saturated heterocycles. The predicted molar refractivity (Wildman–Crippen MR) is 57.7 cm³/mol. The van der Waals surface area contributed by atoms with E-state index in [2.05, 4.69) is 25.7 Å². The average molecular weight is 184 g/mol. The molecule has 0 spiro atoms. The molecule has 0 bridgehead atoms. The van der Waals surface area contributed by atoms with E-state index in [9.17, 15) is 0 Å². The second kappa shape index (κ2) is 4.43. The lowest BCUT2D eigenvalue weighted by Crippen LogP contribution is -2.45. The molecule has 0 aromatic heterocycles. The fourth-order valence-electron chi connectivity index (χ4n) is 2.28. The number of piperidine rings is 1. The molecule has 1 fully saturated rings. The molecule has 78 valence electrons. The zero-order valence-electron chi connectivity index (χ0n) is 9.34. The van der Waals surface area contributed by atoms with Gasteiger partial charge in [-0.3, -0.25) is 0 Å². The average Bonchev–Trinajstić information content (AvgIpc) is 2.03. The molecule has 2 unspecified atom stereocenters. The van der Waals surface area contributed by atoms with Gasteiger partial charge >= 0.3 is 0 Å². The molecular weight excluding hydrogens is 160 g/mol. The van der Waals surface area contributed by atoms with Crippen LogP contribution in [0, 0.1) is 5.41 Å². The van der Waals surface area contributed by atoms with E-state index in [-0.39, 0.29) is 0 Å². The van der Waals surface area contributed by atoms with E-state index in [1.807, 2.05) is 0 Å². The Balaban J connectivity index is 2.42. The summed E-state index contributed by atoms with van der Waals surface area (Å²) in [4.78, 5) is 2.53. The first-order valence-corrected chi connectivity index (χ1v) is 5.54. The minimum absolute atomic E-state index is 0.319. The summed E-state index contributed by atoms with van der Waals surface area (Å²) in [5.41, 5.74) is 6.36. The first-order chi connectivity index (χ1) is 6.06. The van der Waals surface area contributed by atoms with E-state index in [4.69, 9.17) is 5.73 Å². The molecule has 2 atom stereocenters. The minimum Gasteiger partial charge on any atom is -0.327 e. The van der Waals surface area contributed by atoms with Crippen molar-refractivity contribution in [1.82, 2.24) is 4.90 Å². The van der Waals surface area contributed by atoms with Crippen LogP contribution in [0.4, 0.5) is 0 Å². The molecular formula is C11H24N2. The number of likely N-dealkylation sites (tertiary alicyclic amines) is 1. The van der Waals surface area contributed by atoms with Gasteiger partial charge < -0.3 is 10.6 Å². The Morgan fingerprint density at radius 3 is 2.77 bits per heavy atom. The molecule has 1 heterocycles. The topological polar surface area (TPSA) is 29.3 Å². The van der Waals surface area contributed by atoms with Gasteiger partial charge in [0, 0.05) is 19.1 Å². The van der Waals surface area contributed by atoms with E-state index in [0.29, 0.717) is 11.5 Å². The summed E-state index contributed by atoms with van der Waals surface area (Å²) in [7, 11) is 0. The summed E-state index contributed by atoms with van der Waals surface area (Å²) >= 11 is 0. The first-order valence-electron chi connectivity index (χ1n) is 5.54. The van der Waals surface area contributed by atoms with Gasteiger partial charge in [0.25, 0.3) is 0 Å². The zero-order chi connectivity index (χ0) is 9.90. The van der Waals surface area contributed by atoms with Gasteiger partial charge in [-0.05, 0) is 38.1 Å². The smallest absolute Gasteiger partial charge is 0.0139 e. The molecule has 13 heavy (non-hydrogen) atoms. The van der Waals surface area contributed by atoms with Gasteiger partial charge in [0.1, 0.15) is 0 Å². The normalized spacial score (nSPS) is 33.2. The number of hydrogen-bond acceptors (Lipinski definition) is 2. The largest absolute Gasteiger partial charge is 0.327 e. The van der Waals surface area contributed by atoms with Crippen molar-refractivity contribution in [3.05, 3.63) is 0 Å². The Hall–Kier alpha value is -0.0800. The molecule has 1 rings (SSSR count). The van der Waals surface area contributed by atoms with Gasteiger partial charge in [0.15, 0.2) is 0 Å². The van der Waals surface area contributed by atoms with Crippen LogP contribution in [0.3, 0.4) is 0 Å². The van der Waals surface area contributed by atoms with Gasteiger partial charge in [0.05, 0.1) is 0 Å². The Bertz CT molecular complexity index is 156. The van der Waals surface area contributed by atoms with Crippen LogP contribution in [0.2, 0.25) is 0 Å². The van der Waals surface area contributed by atoms with E-state index in [1.165, 1.54) is 32.4 Å². The second-order valence-corrected chi connectivity index (χ2v) is 4.98. The van der Waals surface area contributed by atoms with Crippen molar-refractivity contribution < 1.29 is 0 Å². The van der Waals surface area contributed by atoms with Crippen LogP contribution in [0.25, 0.3) is 0 Å². The Kier molecular flexibility index (Phi) is 3.74. The molecule has 0 aromatic rings. The first kappa shape index (κ1) is 11.0. The van der Waals surface area contributed by atoms with E-state index < -0.39 is 0 Å². The molecule has 0 saturated carbocycles. The van der Waals surface area contributed by atoms with Crippen molar-refractivity contribution in [1.29, 1.82) is 0 Å². The summed E-state index contributed by atoms with van der Waals surface area (Å²) in [6.07, 6.45) is 4.03. The van der Waals surface area contributed by atoms with E-state index >= 15 is 0 Å². The third-order valence-corrected chi connectivity index (χ3v) is 3.26. The fourth-order valence-corrected chi connectivity index (χ4v) is 2.28. The van der Waals surface area contributed by atoms with Crippen molar-refractivity contribution in [2.75, 3.05) is 19.6 Å². The molecule has 0 amide bonds. The monoisotopic (exact) mass is 184 g/mol. The molecule has 2 N–H and O–H groups in total. The van der Waals surface area contributed by atoms with Crippen LogP contribution in [-0.4, -0.2) is 30.6 Å². The van der Waals surface area contributed by atoms with Crippen molar-refractivity contribution in [3.63, 3.8) is 0 Å². The number of nitrogens with two attached hydrogens (primary N) is 1. The van der Waals surface area contributed by atoms with Crippen LogP contribution in [-0.2, 0) is 0 Å². The third-order valence-electron chi connectivity index (χ3n) is 3.26. The summed E-state index contributed by atoms with van der Waals surface area (Å²) in [6, 6.07) is 0.319. The van der Waals surface area contributed by atoms with Gasteiger partial charge in [0.2, 0.25) is 0 Å². The zero-order valence-corrected chi connectivity index (χ0v) is 9.34. The molecule has 0 radical (unpaired) electrons. The maximum absolute atomic E-state index is 5.81. The molecule has 1 aliphatic rings. The quantitative estimate of drug-likeness (QED) is 0.725. The van der Waals surface area contributed by atoms with Crippen molar-refractivity contribution in [3.8, 4) is 0 Å². The van der Waals surface area contributed by atoms with Crippen molar-refractivity contribution in [2.24, 2.45) is 11.1 Å². The number of hydrogen-bond donors (Lipinski definition) is 1. The SMILES string of the molecule is CCC1(C)CCCN(CC(C)N)C1. The Morgan fingerprint density at radius 1 is 1.54 bits per heavy atom. The second-order valence-electron chi connectivity index (χ2n) is 4.98. The lowest BCUT2D eigenvalue weighted by Gasteiger charge is -2.40. The molecule has 2 nitrogen and oxygen atoms in total. The van der Waals surface area contributed by atoms with Crippen LogP contribution in [0.15, 0.2) is 0 Å². The van der Waals surface area contributed by atoms with Gasteiger partial charge in [-0.15, -0.1) is 0 Å². The predicted octanol–water partition coefficient (Wildman–Crippen LogP) is 1.85. The lowest BCUT2D eigenvalue weighted by atomic mass is 9.79. The fraction of sp³-hybridized carbons (Fsp3) is 1.00. The molecule has 2 heteroatoms. The maximum atomic E-state index is 5.81. The minimum atomic E-state index is 0.319.